The van der Waals surface area contributed by atoms with E-state index in [2.05, 4.69) is 26.1 Å². The van der Waals surface area contributed by atoms with Gasteiger partial charge in [-0.25, -0.2) is 5.48 Å². The zero-order valence-corrected chi connectivity index (χ0v) is 10.8. The molecule has 1 aromatic carbocycles. The number of carbonyl (C=O) groups is 1. The molecule has 0 atom stereocenters. The molecule has 7 heteroatoms. The molecule has 0 saturated heterocycles. The number of rotatable bonds is 5. The Morgan fingerprint density at radius 2 is 2.32 bits per heavy atom. The van der Waals surface area contributed by atoms with Gasteiger partial charge in [-0.2, -0.15) is 5.21 Å². The molecule has 1 heterocycles. The smallest absolute Gasteiger partial charge is 0.273 e. The van der Waals surface area contributed by atoms with Gasteiger partial charge in [0.2, 0.25) is 5.82 Å². The molecule has 1 aromatic heterocycles. The highest BCUT2D eigenvalue weighted by atomic mass is 16.6. The summed E-state index contributed by atoms with van der Waals surface area (Å²) in [5, 5.41) is 13.6. The van der Waals surface area contributed by atoms with Gasteiger partial charge in [0.1, 0.15) is 0 Å². The van der Waals surface area contributed by atoms with Crippen molar-refractivity contribution in [3.8, 4) is 11.4 Å². The van der Waals surface area contributed by atoms with Crippen molar-refractivity contribution in [1.82, 2.24) is 26.1 Å². The van der Waals surface area contributed by atoms with E-state index in [4.69, 9.17) is 4.84 Å². The van der Waals surface area contributed by atoms with Crippen molar-refractivity contribution in [3.63, 3.8) is 0 Å². The van der Waals surface area contributed by atoms with E-state index in [-0.39, 0.29) is 5.91 Å². The first-order valence-electron chi connectivity index (χ1n) is 5.93. The molecular formula is C12H15N5O2. The number of nitrogens with zero attached hydrogens (tertiary/aromatic N) is 3. The van der Waals surface area contributed by atoms with Crippen LogP contribution in [0.25, 0.3) is 11.4 Å². The lowest BCUT2D eigenvalue weighted by molar-refractivity contribution is 0.0208. The number of tetrazole rings is 1. The molecule has 7 nitrogen and oxygen atoms in total. The van der Waals surface area contributed by atoms with Crippen molar-refractivity contribution in [2.45, 2.75) is 13.8 Å². The second-order valence-electron chi connectivity index (χ2n) is 4.45. The normalized spacial score (nSPS) is 10.7. The van der Waals surface area contributed by atoms with E-state index in [0.29, 0.717) is 29.5 Å². The topological polar surface area (TPSA) is 92.8 Å². The van der Waals surface area contributed by atoms with Crippen LogP contribution in [-0.4, -0.2) is 33.1 Å². The Hall–Kier alpha value is -2.28. The molecule has 2 N–H and O–H groups in total. The number of aromatic nitrogens is 4. The van der Waals surface area contributed by atoms with E-state index in [9.17, 15) is 4.79 Å². The summed E-state index contributed by atoms with van der Waals surface area (Å²) in [6.07, 6.45) is 0. The Balaban J connectivity index is 2.04. The Labute approximate surface area is 110 Å². The number of hydroxylamine groups is 1. The third kappa shape index (κ3) is 3.59. The average Bonchev–Trinajstić information content (AvgIpc) is 2.92. The fourth-order valence-corrected chi connectivity index (χ4v) is 1.42. The standard InChI is InChI=1S/C12H15N5O2/c1-8(2)7-19-15-12(18)10-5-3-4-9(6-10)11-13-16-17-14-11/h3-6,8H,7H2,1-2H3,(H,15,18)(H,13,14,16,17). The van der Waals surface area contributed by atoms with Gasteiger partial charge in [0.15, 0.2) is 0 Å². The number of benzene rings is 1. The van der Waals surface area contributed by atoms with Gasteiger partial charge in [0, 0.05) is 11.1 Å². The third-order valence-electron chi connectivity index (χ3n) is 2.31. The summed E-state index contributed by atoms with van der Waals surface area (Å²) in [4.78, 5) is 16.9. The van der Waals surface area contributed by atoms with Crippen LogP contribution in [0, 0.1) is 5.92 Å². The van der Waals surface area contributed by atoms with E-state index in [1.165, 1.54) is 0 Å². The molecule has 2 aromatic rings. The van der Waals surface area contributed by atoms with Crippen molar-refractivity contribution in [2.24, 2.45) is 5.92 Å². The van der Waals surface area contributed by atoms with Crippen LogP contribution in [0.3, 0.4) is 0 Å². The summed E-state index contributed by atoms with van der Waals surface area (Å²) in [6, 6.07) is 6.93. The number of aromatic amines is 1. The Kier molecular flexibility index (Phi) is 4.19. The molecule has 0 aliphatic carbocycles. The predicted octanol–water partition coefficient (Wildman–Crippen LogP) is 1.18. The van der Waals surface area contributed by atoms with Crippen LogP contribution in [0.2, 0.25) is 0 Å². The monoisotopic (exact) mass is 261 g/mol. The average molecular weight is 261 g/mol. The molecule has 0 saturated carbocycles. The molecule has 0 aliphatic rings. The van der Waals surface area contributed by atoms with E-state index < -0.39 is 0 Å². The summed E-state index contributed by atoms with van der Waals surface area (Å²) in [5.41, 5.74) is 3.59. The largest absolute Gasteiger partial charge is 0.274 e. The molecule has 0 spiro atoms. The summed E-state index contributed by atoms with van der Waals surface area (Å²) >= 11 is 0. The maximum absolute atomic E-state index is 11.8. The number of nitrogens with one attached hydrogen (secondary N) is 2. The molecule has 19 heavy (non-hydrogen) atoms. The van der Waals surface area contributed by atoms with Crippen molar-refractivity contribution in [3.05, 3.63) is 29.8 Å². The molecule has 0 bridgehead atoms. The molecule has 0 radical (unpaired) electrons. The quantitative estimate of drug-likeness (QED) is 0.788. The minimum atomic E-state index is -0.300. The first-order chi connectivity index (χ1) is 9.16. The Morgan fingerprint density at radius 3 is 3.00 bits per heavy atom. The Morgan fingerprint density at radius 1 is 1.47 bits per heavy atom. The van der Waals surface area contributed by atoms with E-state index in [1.54, 1.807) is 24.3 Å². The minimum absolute atomic E-state index is 0.300. The van der Waals surface area contributed by atoms with Gasteiger partial charge < -0.3 is 0 Å². The SMILES string of the molecule is CC(C)CONC(=O)c1cccc(-c2nn[nH]n2)c1. The zero-order chi connectivity index (χ0) is 13.7. The van der Waals surface area contributed by atoms with Crippen LogP contribution in [-0.2, 0) is 4.84 Å². The molecule has 0 fully saturated rings. The van der Waals surface area contributed by atoms with Crippen LogP contribution >= 0.6 is 0 Å². The fourth-order valence-electron chi connectivity index (χ4n) is 1.42. The molecule has 0 aliphatic heterocycles. The highest BCUT2D eigenvalue weighted by molar-refractivity contribution is 5.94. The van der Waals surface area contributed by atoms with Crippen LogP contribution < -0.4 is 5.48 Å². The van der Waals surface area contributed by atoms with E-state index >= 15 is 0 Å². The number of hydrogen-bond acceptors (Lipinski definition) is 5. The van der Waals surface area contributed by atoms with Gasteiger partial charge in [0.25, 0.3) is 5.91 Å². The number of carbonyl (C=O) groups excluding carboxylic acids is 1. The van der Waals surface area contributed by atoms with E-state index in [0.717, 1.165) is 0 Å². The van der Waals surface area contributed by atoms with Crippen LogP contribution in [0.5, 0.6) is 0 Å². The minimum Gasteiger partial charge on any atom is -0.273 e. The summed E-state index contributed by atoms with van der Waals surface area (Å²) < 4.78 is 0. The summed E-state index contributed by atoms with van der Waals surface area (Å²) in [6.45, 7) is 4.47. The summed E-state index contributed by atoms with van der Waals surface area (Å²) in [5.74, 6) is 0.495. The molecule has 2 rings (SSSR count). The lowest BCUT2D eigenvalue weighted by atomic mass is 10.1. The molecule has 0 unspecified atom stereocenters. The highest BCUT2D eigenvalue weighted by Gasteiger charge is 2.09. The molecule has 1 amide bonds. The van der Waals surface area contributed by atoms with Gasteiger partial charge in [-0.1, -0.05) is 26.0 Å². The van der Waals surface area contributed by atoms with Crippen molar-refractivity contribution in [1.29, 1.82) is 0 Å². The van der Waals surface area contributed by atoms with Crippen molar-refractivity contribution in [2.75, 3.05) is 6.61 Å². The van der Waals surface area contributed by atoms with Gasteiger partial charge in [-0.15, -0.1) is 10.2 Å². The van der Waals surface area contributed by atoms with Gasteiger partial charge >= 0.3 is 0 Å². The maximum Gasteiger partial charge on any atom is 0.274 e. The predicted molar refractivity (Wildman–Crippen MR) is 67.9 cm³/mol. The van der Waals surface area contributed by atoms with Gasteiger partial charge in [-0.3, -0.25) is 9.63 Å². The Bertz CT molecular complexity index is 539. The number of hydrogen-bond donors (Lipinski definition) is 2. The maximum atomic E-state index is 11.8. The van der Waals surface area contributed by atoms with Crippen LogP contribution in [0.4, 0.5) is 0 Å². The van der Waals surface area contributed by atoms with Crippen molar-refractivity contribution < 1.29 is 9.63 Å². The van der Waals surface area contributed by atoms with Crippen molar-refractivity contribution >= 4 is 5.91 Å². The number of H-pyrrole nitrogens is 1. The van der Waals surface area contributed by atoms with Crippen LogP contribution in [0.15, 0.2) is 24.3 Å². The molecular weight excluding hydrogens is 246 g/mol. The molecule has 100 valence electrons. The first kappa shape index (κ1) is 13.2. The van der Waals surface area contributed by atoms with E-state index in [1.807, 2.05) is 13.8 Å². The first-order valence-corrected chi connectivity index (χ1v) is 5.93. The second-order valence-corrected chi connectivity index (χ2v) is 4.45. The second kappa shape index (κ2) is 6.05. The fraction of sp³-hybridized carbons (Fsp3) is 0.333. The van der Waals surface area contributed by atoms with Gasteiger partial charge in [-0.05, 0) is 23.3 Å². The van der Waals surface area contributed by atoms with Crippen LogP contribution in [0.1, 0.15) is 24.2 Å². The highest BCUT2D eigenvalue weighted by Crippen LogP contribution is 2.14. The lowest BCUT2D eigenvalue weighted by Gasteiger charge is -2.08. The summed E-state index contributed by atoms with van der Waals surface area (Å²) in [7, 11) is 0. The third-order valence-corrected chi connectivity index (χ3v) is 2.31. The lowest BCUT2D eigenvalue weighted by Crippen LogP contribution is -2.25. The van der Waals surface area contributed by atoms with Gasteiger partial charge in [0.05, 0.1) is 6.61 Å². The zero-order valence-electron chi connectivity index (χ0n) is 10.8. The number of amides is 1.